The molecule has 1 amide bonds. The average molecular weight is 561 g/mol. The molecular formula is C32H48N8O. The van der Waals surface area contributed by atoms with Gasteiger partial charge >= 0.3 is 0 Å². The number of nitrogens with zero attached hydrogens (tertiary/aromatic N) is 8. The van der Waals surface area contributed by atoms with Gasteiger partial charge in [-0.3, -0.25) is 14.7 Å². The van der Waals surface area contributed by atoms with E-state index in [-0.39, 0.29) is 11.5 Å². The molecule has 0 saturated carbocycles. The number of hydrogen-bond donors (Lipinski definition) is 0. The van der Waals surface area contributed by atoms with Crippen molar-refractivity contribution in [3.63, 3.8) is 0 Å². The van der Waals surface area contributed by atoms with Crippen LogP contribution in [0.3, 0.4) is 0 Å². The highest BCUT2D eigenvalue weighted by molar-refractivity contribution is 5.87. The smallest absolute Gasteiger partial charge is 0.225 e. The third-order valence-electron chi connectivity index (χ3n) is 8.97. The fourth-order valence-corrected chi connectivity index (χ4v) is 6.54. The van der Waals surface area contributed by atoms with E-state index in [9.17, 15) is 4.79 Å². The van der Waals surface area contributed by atoms with Crippen LogP contribution in [0.15, 0.2) is 30.7 Å². The second kappa shape index (κ2) is 12.8. The Balaban J connectivity index is 1.16. The van der Waals surface area contributed by atoms with Gasteiger partial charge in [-0.2, -0.15) is 5.10 Å². The molecule has 0 radical (unpaired) electrons. The molecule has 3 aromatic heterocycles. The summed E-state index contributed by atoms with van der Waals surface area (Å²) in [6.45, 7) is 17.5. The van der Waals surface area contributed by atoms with Gasteiger partial charge in [0, 0.05) is 49.9 Å². The Hall–Kier alpha value is -3.07. The molecule has 2 fully saturated rings. The molecule has 0 aliphatic carbocycles. The minimum absolute atomic E-state index is 0.103. The van der Waals surface area contributed by atoms with Crippen LogP contribution in [0.25, 0.3) is 11.0 Å². The fourth-order valence-electron chi connectivity index (χ4n) is 6.54. The van der Waals surface area contributed by atoms with Crippen LogP contribution in [-0.4, -0.2) is 85.2 Å². The summed E-state index contributed by atoms with van der Waals surface area (Å²) in [7, 11) is 0. The number of fused-ring (bicyclic) bond motifs is 1. The number of pyridine rings is 1. The van der Waals surface area contributed by atoms with Gasteiger partial charge in [0.2, 0.25) is 5.91 Å². The molecule has 222 valence electrons. The van der Waals surface area contributed by atoms with Crippen molar-refractivity contribution in [1.29, 1.82) is 0 Å². The molecule has 9 heteroatoms. The molecule has 0 bridgehead atoms. The van der Waals surface area contributed by atoms with Crippen LogP contribution in [0.1, 0.15) is 78.1 Å². The summed E-state index contributed by atoms with van der Waals surface area (Å²) in [6, 6.07) is 6.20. The van der Waals surface area contributed by atoms with Crippen LogP contribution in [-0.2, 0) is 17.8 Å². The van der Waals surface area contributed by atoms with E-state index >= 15 is 0 Å². The lowest BCUT2D eigenvalue weighted by Crippen LogP contribution is -2.48. The minimum atomic E-state index is 0.103. The van der Waals surface area contributed by atoms with Gasteiger partial charge < -0.3 is 9.80 Å². The zero-order valence-electron chi connectivity index (χ0n) is 25.7. The van der Waals surface area contributed by atoms with Crippen LogP contribution < -0.4 is 4.90 Å². The Kier molecular flexibility index (Phi) is 9.22. The lowest BCUT2D eigenvalue weighted by atomic mass is 9.91. The number of anilines is 1. The number of aryl methyl sites for hydroxylation is 1. The van der Waals surface area contributed by atoms with E-state index in [1.54, 1.807) is 6.33 Å². The molecule has 0 aromatic carbocycles. The molecule has 2 aliphatic heterocycles. The predicted molar refractivity (Wildman–Crippen MR) is 164 cm³/mol. The van der Waals surface area contributed by atoms with Crippen LogP contribution in [0.5, 0.6) is 0 Å². The number of piperidine rings is 2. The van der Waals surface area contributed by atoms with Gasteiger partial charge in [-0.15, -0.1) is 0 Å². The van der Waals surface area contributed by atoms with Crippen molar-refractivity contribution in [2.45, 2.75) is 85.2 Å². The molecule has 5 rings (SSSR count). The van der Waals surface area contributed by atoms with E-state index in [4.69, 9.17) is 4.98 Å². The molecule has 2 aliphatic rings. The number of hydrogen-bond acceptors (Lipinski definition) is 7. The normalized spacial score (nSPS) is 17.6. The standard InChI is InChI=1S/C32H48N8O/c1-6-9-26-10-8-11-27(36-26)22-40-30-28(20-35-40)29(33-23-34-30)37-18-14-25(15-19-37)31(41)38-16-12-24(13-17-38)21-39(7-2)32(3,4)5/h8,10-11,20,23-25H,6-7,9,12-19,21-22H2,1-5H3. The Labute approximate surface area is 245 Å². The van der Waals surface area contributed by atoms with E-state index in [0.717, 1.165) is 106 Å². The summed E-state index contributed by atoms with van der Waals surface area (Å²) in [5.41, 5.74) is 3.12. The largest absolute Gasteiger partial charge is 0.356 e. The summed E-state index contributed by atoms with van der Waals surface area (Å²) in [5.74, 6) is 2.05. The first kappa shape index (κ1) is 29.4. The van der Waals surface area contributed by atoms with Crippen molar-refractivity contribution >= 4 is 22.8 Å². The first-order valence-corrected chi connectivity index (χ1v) is 15.7. The second-order valence-electron chi connectivity index (χ2n) is 12.8. The van der Waals surface area contributed by atoms with Crippen molar-refractivity contribution in [2.24, 2.45) is 11.8 Å². The van der Waals surface area contributed by atoms with Gasteiger partial charge in [-0.1, -0.05) is 26.3 Å². The van der Waals surface area contributed by atoms with Gasteiger partial charge in [-0.25, -0.2) is 14.6 Å². The lowest BCUT2D eigenvalue weighted by molar-refractivity contribution is -0.137. The number of amides is 1. The molecule has 0 spiro atoms. The average Bonchev–Trinajstić information content (AvgIpc) is 3.38. The van der Waals surface area contributed by atoms with E-state index in [1.165, 1.54) is 0 Å². The van der Waals surface area contributed by atoms with Gasteiger partial charge in [-0.05, 0) is 77.5 Å². The first-order chi connectivity index (χ1) is 19.8. The maximum absolute atomic E-state index is 13.4. The summed E-state index contributed by atoms with van der Waals surface area (Å²) >= 11 is 0. The Morgan fingerprint density at radius 3 is 2.41 bits per heavy atom. The zero-order valence-corrected chi connectivity index (χ0v) is 25.7. The molecule has 0 atom stereocenters. The highest BCUT2D eigenvalue weighted by Gasteiger charge is 2.33. The van der Waals surface area contributed by atoms with Gasteiger partial charge in [0.25, 0.3) is 0 Å². The predicted octanol–water partition coefficient (Wildman–Crippen LogP) is 4.80. The van der Waals surface area contributed by atoms with Crippen LogP contribution >= 0.6 is 0 Å². The Morgan fingerprint density at radius 1 is 1.00 bits per heavy atom. The number of likely N-dealkylation sites (tertiary alicyclic amines) is 1. The molecule has 41 heavy (non-hydrogen) atoms. The monoisotopic (exact) mass is 560 g/mol. The quantitative estimate of drug-likeness (QED) is 0.372. The summed E-state index contributed by atoms with van der Waals surface area (Å²) < 4.78 is 1.92. The van der Waals surface area contributed by atoms with Crippen molar-refractivity contribution in [2.75, 3.05) is 44.2 Å². The summed E-state index contributed by atoms with van der Waals surface area (Å²) in [6.07, 6.45) is 9.51. The number of aromatic nitrogens is 5. The SMILES string of the molecule is CCCc1cccc(Cn2ncc3c(N4CCC(C(=O)N5CCC(CN(CC)C(C)(C)C)CC5)CC4)ncnc32)n1. The number of rotatable bonds is 9. The van der Waals surface area contributed by atoms with Crippen LogP contribution in [0.4, 0.5) is 5.82 Å². The van der Waals surface area contributed by atoms with E-state index < -0.39 is 0 Å². The van der Waals surface area contributed by atoms with Crippen molar-refractivity contribution in [3.8, 4) is 0 Å². The zero-order chi connectivity index (χ0) is 29.0. The third-order valence-corrected chi connectivity index (χ3v) is 8.97. The summed E-state index contributed by atoms with van der Waals surface area (Å²) in [5, 5.41) is 5.61. The second-order valence-corrected chi connectivity index (χ2v) is 12.8. The van der Waals surface area contributed by atoms with Crippen LogP contribution in [0, 0.1) is 11.8 Å². The molecule has 0 unspecified atom stereocenters. The summed E-state index contributed by atoms with van der Waals surface area (Å²) in [4.78, 5) is 34.5. The van der Waals surface area contributed by atoms with E-state index in [1.807, 2.05) is 16.9 Å². The molecule has 0 N–H and O–H groups in total. The van der Waals surface area contributed by atoms with Crippen molar-refractivity contribution in [1.82, 2.24) is 34.5 Å². The first-order valence-electron chi connectivity index (χ1n) is 15.7. The highest BCUT2D eigenvalue weighted by Crippen LogP contribution is 2.30. The fraction of sp³-hybridized carbons (Fsp3) is 0.656. The highest BCUT2D eigenvalue weighted by atomic mass is 16.2. The van der Waals surface area contributed by atoms with E-state index in [2.05, 4.69) is 76.5 Å². The maximum Gasteiger partial charge on any atom is 0.225 e. The van der Waals surface area contributed by atoms with Gasteiger partial charge in [0.15, 0.2) is 5.65 Å². The number of carbonyl (C=O) groups is 1. The topological polar surface area (TPSA) is 83.3 Å². The Morgan fingerprint density at radius 2 is 1.73 bits per heavy atom. The van der Waals surface area contributed by atoms with Gasteiger partial charge in [0.05, 0.1) is 23.8 Å². The lowest BCUT2D eigenvalue weighted by Gasteiger charge is -2.41. The molecule has 5 heterocycles. The van der Waals surface area contributed by atoms with E-state index in [0.29, 0.717) is 18.4 Å². The molecule has 3 aromatic rings. The van der Waals surface area contributed by atoms with Gasteiger partial charge in [0.1, 0.15) is 12.1 Å². The number of carbonyl (C=O) groups excluding carboxylic acids is 1. The Bertz CT molecular complexity index is 1300. The minimum Gasteiger partial charge on any atom is -0.356 e. The van der Waals surface area contributed by atoms with Crippen LogP contribution in [0.2, 0.25) is 0 Å². The molecule has 9 nitrogen and oxygen atoms in total. The van der Waals surface area contributed by atoms with Crippen molar-refractivity contribution < 1.29 is 4.79 Å². The maximum atomic E-state index is 13.4. The third kappa shape index (κ3) is 6.88. The molecule has 2 saturated heterocycles. The molecular weight excluding hydrogens is 512 g/mol. The van der Waals surface area contributed by atoms with Crippen molar-refractivity contribution in [3.05, 3.63) is 42.1 Å².